The van der Waals surface area contributed by atoms with Gasteiger partial charge in [-0.15, -0.1) is 0 Å². The second kappa shape index (κ2) is 8.86. The van der Waals surface area contributed by atoms with Crippen molar-refractivity contribution < 1.29 is 23.8 Å². The molecule has 7 heteroatoms. The Labute approximate surface area is 163 Å². The lowest BCUT2D eigenvalue weighted by Gasteiger charge is -2.25. The average molecular weight is 428 g/mol. The predicted molar refractivity (Wildman–Crippen MR) is 103 cm³/mol. The molecule has 0 N–H and O–H groups in total. The minimum absolute atomic E-state index is 0.266. The Morgan fingerprint density at radius 1 is 1.38 bits per heavy atom. The minimum Gasteiger partial charge on any atom is -0.478 e. The van der Waals surface area contributed by atoms with Gasteiger partial charge in [-0.1, -0.05) is 28.0 Å². The van der Waals surface area contributed by atoms with Crippen LogP contribution in [-0.4, -0.2) is 42.7 Å². The van der Waals surface area contributed by atoms with Crippen LogP contribution in [0.1, 0.15) is 46.6 Å². The smallest absolute Gasteiger partial charge is 0.347 e. The fourth-order valence-corrected chi connectivity index (χ4v) is 2.85. The number of carbonyl (C=O) groups excluding carboxylic acids is 1. The molecule has 1 aromatic rings. The van der Waals surface area contributed by atoms with Crippen molar-refractivity contribution in [3.05, 3.63) is 28.2 Å². The highest BCUT2D eigenvalue weighted by atomic mass is 79.9. The van der Waals surface area contributed by atoms with Crippen molar-refractivity contribution in [1.82, 2.24) is 0 Å². The van der Waals surface area contributed by atoms with Crippen molar-refractivity contribution in [2.24, 2.45) is 5.16 Å². The Balaban J connectivity index is 2.28. The van der Waals surface area contributed by atoms with E-state index in [1.807, 2.05) is 46.8 Å². The molecule has 0 bridgehead atoms. The number of nitrogens with zero attached hydrogens (tertiary/aromatic N) is 1. The molecule has 0 aromatic heterocycles. The number of carbonyl (C=O) groups is 1. The highest BCUT2D eigenvalue weighted by Gasteiger charge is 2.30. The molecule has 1 aliphatic heterocycles. The van der Waals surface area contributed by atoms with Gasteiger partial charge >= 0.3 is 5.97 Å². The van der Waals surface area contributed by atoms with Gasteiger partial charge < -0.3 is 19.0 Å². The molecule has 2 rings (SSSR count). The average Bonchev–Trinajstić information content (AvgIpc) is 3.00. The summed E-state index contributed by atoms with van der Waals surface area (Å²) >= 11 is 3.47. The lowest BCUT2D eigenvalue weighted by molar-refractivity contribution is -0.163. The summed E-state index contributed by atoms with van der Waals surface area (Å²) < 4.78 is 18.0. The molecule has 144 valence electrons. The maximum Gasteiger partial charge on any atom is 0.347 e. The second-order valence-electron chi connectivity index (χ2n) is 6.90. The van der Waals surface area contributed by atoms with Crippen LogP contribution >= 0.6 is 15.9 Å². The first-order chi connectivity index (χ1) is 12.2. The van der Waals surface area contributed by atoms with E-state index >= 15 is 0 Å². The lowest BCUT2D eigenvalue weighted by Crippen LogP contribution is -2.35. The van der Waals surface area contributed by atoms with Crippen LogP contribution in [0.15, 0.2) is 27.8 Å². The zero-order valence-electron chi connectivity index (χ0n) is 15.9. The molecular weight excluding hydrogens is 402 g/mol. The van der Waals surface area contributed by atoms with Crippen molar-refractivity contribution in [1.29, 1.82) is 0 Å². The number of rotatable bonds is 7. The summed E-state index contributed by atoms with van der Waals surface area (Å²) in [6.45, 7) is 10.2. The maximum absolute atomic E-state index is 12.4. The van der Waals surface area contributed by atoms with E-state index in [0.717, 1.165) is 10.0 Å². The molecule has 1 aliphatic rings. The molecular formula is C19H26BrNO5. The molecule has 2 atom stereocenters. The molecule has 26 heavy (non-hydrogen) atoms. The Bertz CT molecular complexity index is 668. The van der Waals surface area contributed by atoms with Gasteiger partial charge in [0.2, 0.25) is 0 Å². The molecule has 1 heterocycles. The topological polar surface area (TPSA) is 66.3 Å². The molecule has 0 radical (unpaired) electrons. The monoisotopic (exact) mass is 427 g/mol. The summed E-state index contributed by atoms with van der Waals surface area (Å²) in [5, 5.41) is 4.12. The van der Waals surface area contributed by atoms with Gasteiger partial charge in [-0.2, -0.15) is 0 Å². The quantitative estimate of drug-likeness (QED) is 0.613. The van der Waals surface area contributed by atoms with Crippen LogP contribution in [0.2, 0.25) is 0 Å². The van der Waals surface area contributed by atoms with Gasteiger partial charge in [0.15, 0.2) is 6.10 Å². The zero-order valence-corrected chi connectivity index (χ0v) is 17.5. The van der Waals surface area contributed by atoms with Crippen molar-refractivity contribution in [3.8, 4) is 5.75 Å². The first-order valence-electron chi connectivity index (χ1n) is 8.76. The van der Waals surface area contributed by atoms with E-state index in [9.17, 15) is 4.79 Å². The number of hydrogen-bond acceptors (Lipinski definition) is 6. The van der Waals surface area contributed by atoms with E-state index in [2.05, 4.69) is 21.1 Å². The third kappa shape index (κ3) is 5.45. The summed E-state index contributed by atoms with van der Waals surface area (Å²) in [4.78, 5) is 17.6. The second-order valence-corrected chi connectivity index (χ2v) is 7.82. The summed E-state index contributed by atoms with van der Waals surface area (Å²) in [6.07, 6.45) is -0.483. The van der Waals surface area contributed by atoms with Crippen LogP contribution in [0.5, 0.6) is 5.75 Å². The summed E-state index contributed by atoms with van der Waals surface area (Å²) in [7, 11) is 0. The van der Waals surface area contributed by atoms with Crippen LogP contribution in [0, 0.1) is 0 Å². The molecule has 0 saturated carbocycles. The van der Waals surface area contributed by atoms with Crippen LogP contribution in [-0.2, 0) is 19.1 Å². The van der Waals surface area contributed by atoms with Crippen molar-refractivity contribution in [2.45, 2.75) is 58.8 Å². The van der Waals surface area contributed by atoms with Gasteiger partial charge in [0.05, 0.1) is 0 Å². The van der Waals surface area contributed by atoms with E-state index < -0.39 is 11.7 Å². The van der Waals surface area contributed by atoms with Gasteiger partial charge in [-0.25, -0.2) is 4.79 Å². The van der Waals surface area contributed by atoms with Gasteiger partial charge in [0.25, 0.3) is 0 Å². The van der Waals surface area contributed by atoms with E-state index in [1.54, 1.807) is 6.07 Å². The Morgan fingerprint density at radius 2 is 2.12 bits per heavy atom. The molecule has 1 aromatic carbocycles. The number of halogens is 1. The zero-order chi connectivity index (χ0) is 19.3. The van der Waals surface area contributed by atoms with Crippen LogP contribution in [0.3, 0.4) is 0 Å². The highest BCUT2D eigenvalue weighted by molar-refractivity contribution is 9.10. The molecule has 6 nitrogen and oxygen atoms in total. The van der Waals surface area contributed by atoms with E-state index in [4.69, 9.17) is 19.0 Å². The van der Waals surface area contributed by atoms with Gasteiger partial charge in [0.1, 0.15) is 29.8 Å². The van der Waals surface area contributed by atoms with Crippen molar-refractivity contribution in [3.63, 3.8) is 0 Å². The molecule has 0 spiro atoms. The minimum atomic E-state index is -0.706. The van der Waals surface area contributed by atoms with Crippen LogP contribution in [0.4, 0.5) is 0 Å². The first kappa shape index (κ1) is 20.7. The fraction of sp³-hybridized carbons (Fsp3) is 0.579. The number of benzene rings is 1. The lowest BCUT2D eigenvalue weighted by atomic mass is 10.0. The van der Waals surface area contributed by atoms with Gasteiger partial charge in [0, 0.05) is 16.6 Å². The maximum atomic E-state index is 12.4. The SMILES string of the molecule is CCO[C@@H]1CON=C1c1cc(Br)ccc1O[C@@H](CC)C(=O)OC(C)(C)C. The molecule has 0 unspecified atom stereocenters. The number of ether oxygens (including phenoxy) is 3. The normalized spacial score (nSPS) is 18.1. The van der Waals surface area contributed by atoms with Crippen molar-refractivity contribution >= 4 is 27.6 Å². The number of hydrogen-bond donors (Lipinski definition) is 0. The van der Waals surface area contributed by atoms with Crippen LogP contribution < -0.4 is 4.74 Å². The fourth-order valence-electron chi connectivity index (χ4n) is 2.49. The number of oxime groups is 1. The predicted octanol–water partition coefficient (Wildman–Crippen LogP) is 4.09. The standard InChI is InChI=1S/C19H26BrNO5/c1-6-14(18(22)26-19(3,4)5)25-15-9-8-12(20)10-13(15)17-16(23-7-2)11-24-21-17/h8-10,14,16H,6-7,11H2,1-5H3/t14-,16+/m0/s1. The molecule has 0 amide bonds. The van der Waals surface area contributed by atoms with E-state index in [1.165, 1.54) is 0 Å². The highest BCUT2D eigenvalue weighted by Crippen LogP contribution is 2.29. The third-order valence-electron chi connectivity index (χ3n) is 3.59. The van der Waals surface area contributed by atoms with Gasteiger partial charge in [-0.05, 0) is 52.3 Å². The Hall–Kier alpha value is -1.60. The largest absolute Gasteiger partial charge is 0.478 e. The third-order valence-corrected chi connectivity index (χ3v) is 4.08. The summed E-state index contributed by atoms with van der Waals surface area (Å²) in [5.74, 6) is 0.152. The van der Waals surface area contributed by atoms with Crippen molar-refractivity contribution in [2.75, 3.05) is 13.2 Å². The van der Waals surface area contributed by atoms with Gasteiger partial charge in [-0.3, -0.25) is 0 Å². The molecule has 0 saturated heterocycles. The summed E-state index contributed by atoms with van der Waals surface area (Å²) in [5.41, 5.74) is 0.819. The molecule has 0 fully saturated rings. The summed E-state index contributed by atoms with van der Waals surface area (Å²) in [6, 6.07) is 5.54. The first-order valence-corrected chi connectivity index (χ1v) is 9.55. The van der Waals surface area contributed by atoms with E-state index in [0.29, 0.717) is 31.1 Å². The van der Waals surface area contributed by atoms with Crippen LogP contribution in [0.25, 0.3) is 0 Å². The Kier molecular flexibility index (Phi) is 7.06. The molecule has 0 aliphatic carbocycles. The Morgan fingerprint density at radius 3 is 2.73 bits per heavy atom. The number of esters is 1. The van der Waals surface area contributed by atoms with E-state index in [-0.39, 0.29) is 12.1 Å².